The van der Waals surface area contributed by atoms with Crippen LogP contribution in [0.15, 0.2) is 4.99 Å². The molecular weight excluding hydrogens is 485 g/mol. The lowest BCUT2D eigenvalue weighted by Gasteiger charge is -2.35. The molecule has 1 rings (SSSR count). The zero-order valence-corrected chi connectivity index (χ0v) is 21.4. The van der Waals surface area contributed by atoms with Crippen molar-refractivity contribution in [3.05, 3.63) is 0 Å². The van der Waals surface area contributed by atoms with Gasteiger partial charge < -0.3 is 25.4 Å². The van der Waals surface area contributed by atoms with Crippen LogP contribution in [0.5, 0.6) is 0 Å². The molecule has 0 radical (unpaired) electrons. The summed E-state index contributed by atoms with van der Waals surface area (Å²) in [5, 5.41) is 9.52. The van der Waals surface area contributed by atoms with Crippen molar-refractivity contribution in [1.82, 2.24) is 20.9 Å². The summed E-state index contributed by atoms with van der Waals surface area (Å²) in [5.41, 5.74) is -0.471. The lowest BCUT2D eigenvalue weighted by atomic mass is 10.0. The van der Waals surface area contributed by atoms with E-state index in [0.717, 1.165) is 58.2 Å². The van der Waals surface area contributed by atoms with Gasteiger partial charge >= 0.3 is 6.09 Å². The maximum Gasteiger partial charge on any atom is 0.407 e. The van der Waals surface area contributed by atoms with Crippen LogP contribution in [0.1, 0.15) is 47.5 Å². The van der Waals surface area contributed by atoms with Gasteiger partial charge in [-0.25, -0.2) is 4.79 Å². The highest BCUT2D eigenvalue weighted by Crippen LogP contribution is 2.13. The van der Waals surface area contributed by atoms with Crippen molar-refractivity contribution in [2.45, 2.75) is 59.1 Å². The molecule has 1 heterocycles. The fraction of sp³-hybridized carbons (Fsp3) is 0.900. The summed E-state index contributed by atoms with van der Waals surface area (Å²) in [6.07, 6.45) is 1.56. The van der Waals surface area contributed by atoms with Gasteiger partial charge in [-0.1, -0.05) is 13.8 Å². The number of nitrogens with zero attached hydrogens (tertiary/aromatic N) is 2. The van der Waals surface area contributed by atoms with Crippen LogP contribution >= 0.6 is 24.0 Å². The number of halogens is 1. The second kappa shape index (κ2) is 15.1. The van der Waals surface area contributed by atoms with E-state index in [1.54, 1.807) is 7.05 Å². The van der Waals surface area contributed by atoms with Gasteiger partial charge in [0.25, 0.3) is 0 Å². The molecule has 0 aromatic carbocycles. The number of nitrogens with one attached hydrogen (secondary N) is 3. The predicted molar refractivity (Wildman–Crippen MR) is 129 cm³/mol. The Hall–Kier alpha value is -0.810. The van der Waals surface area contributed by atoms with Crippen molar-refractivity contribution in [3.63, 3.8) is 0 Å². The Morgan fingerprint density at radius 3 is 2.31 bits per heavy atom. The van der Waals surface area contributed by atoms with Gasteiger partial charge in [0.15, 0.2) is 5.96 Å². The van der Waals surface area contributed by atoms with Gasteiger partial charge in [0, 0.05) is 45.8 Å². The van der Waals surface area contributed by atoms with Crippen molar-refractivity contribution in [1.29, 1.82) is 0 Å². The Balaban J connectivity index is 0.00000784. The van der Waals surface area contributed by atoms with E-state index < -0.39 is 5.60 Å². The number of alkyl carbamates (subject to hydrolysis) is 1. The quantitative estimate of drug-likeness (QED) is 0.185. The van der Waals surface area contributed by atoms with Crippen molar-refractivity contribution >= 4 is 36.0 Å². The van der Waals surface area contributed by atoms with Crippen molar-refractivity contribution in [2.24, 2.45) is 10.9 Å². The third-order valence-electron chi connectivity index (χ3n) is 4.35. The molecule has 1 aliphatic heterocycles. The smallest absolute Gasteiger partial charge is 0.407 e. The van der Waals surface area contributed by atoms with Crippen molar-refractivity contribution < 1.29 is 14.3 Å². The number of carbonyl (C=O) groups excluding carboxylic acids is 1. The summed E-state index contributed by atoms with van der Waals surface area (Å²) in [4.78, 5) is 18.4. The number of ether oxygens (including phenoxy) is 2. The summed E-state index contributed by atoms with van der Waals surface area (Å²) in [6, 6.07) is 0.469. The fourth-order valence-electron chi connectivity index (χ4n) is 3.08. The van der Waals surface area contributed by atoms with Gasteiger partial charge in [0.05, 0.1) is 13.2 Å². The Morgan fingerprint density at radius 2 is 1.76 bits per heavy atom. The summed E-state index contributed by atoms with van der Waals surface area (Å²) < 4.78 is 10.7. The van der Waals surface area contributed by atoms with Crippen LogP contribution in [0.4, 0.5) is 4.79 Å². The van der Waals surface area contributed by atoms with E-state index in [2.05, 4.69) is 39.7 Å². The van der Waals surface area contributed by atoms with Crippen molar-refractivity contribution in [2.75, 3.05) is 53.0 Å². The van der Waals surface area contributed by atoms with Crippen LogP contribution < -0.4 is 16.0 Å². The number of carbonyl (C=O) groups is 1. The molecule has 29 heavy (non-hydrogen) atoms. The summed E-state index contributed by atoms with van der Waals surface area (Å²) in [6.45, 7) is 15.8. The normalized spacial score (nSPS) is 16.7. The minimum absolute atomic E-state index is 0. The molecule has 1 atom stereocenters. The van der Waals surface area contributed by atoms with E-state index in [0.29, 0.717) is 18.5 Å². The Kier molecular flexibility index (Phi) is 14.6. The topological polar surface area (TPSA) is 87.2 Å². The minimum Gasteiger partial charge on any atom is -0.444 e. The molecule has 1 amide bonds. The summed E-state index contributed by atoms with van der Waals surface area (Å²) in [7, 11) is 1.78. The molecule has 0 saturated carbocycles. The molecular formula is C20H42IN5O3. The molecule has 0 aromatic heterocycles. The zero-order valence-electron chi connectivity index (χ0n) is 19.0. The second-order valence-corrected chi connectivity index (χ2v) is 8.59. The van der Waals surface area contributed by atoms with Gasteiger partial charge in [-0.2, -0.15) is 0 Å². The third kappa shape index (κ3) is 13.9. The Bertz CT molecular complexity index is 477. The monoisotopic (exact) mass is 527 g/mol. The molecule has 172 valence electrons. The lowest BCUT2D eigenvalue weighted by molar-refractivity contribution is 0.0132. The first-order valence-electron chi connectivity index (χ1n) is 10.4. The number of hydrogen-bond acceptors (Lipinski definition) is 5. The standard InChI is InChI=1S/C20H41N5O3.HI/c1-16(2)14-17(25-10-12-27-13-11-25)15-24-18(21-6)22-8-7-9-23-19(26)28-20(3,4)5;/h16-17H,7-15H2,1-6H3,(H,23,26)(H2,21,22,24);1H. The maximum atomic E-state index is 11.6. The molecule has 1 aliphatic rings. The Labute approximate surface area is 194 Å². The zero-order chi connectivity index (χ0) is 21.0. The molecule has 9 heteroatoms. The van der Waals surface area contributed by atoms with Crippen molar-refractivity contribution in [3.8, 4) is 0 Å². The summed E-state index contributed by atoms with van der Waals surface area (Å²) in [5.74, 6) is 1.43. The average molecular weight is 527 g/mol. The maximum absolute atomic E-state index is 11.6. The van der Waals surface area contributed by atoms with Gasteiger partial charge in [-0.3, -0.25) is 9.89 Å². The SMILES string of the molecule is CN=C(NCCCNC(=O)OC(C)(C)C)NCC(CC(C)C)N1CCOCC1.I. The highest BCUT2D eigenvalue weighted by Gasteiger charge is 2.22. The minimum atomic E-state index is -0.471. The van der Waals surface area contributed by atoms with E-state index in [1.165, 1.54) is 0 Å². The van der Waals surface area contributed by atoms with E-state index in [4.69, 9.17) is 9.47 Å². The highest BCUT2D eigenvalue weighted by molar-refractivity contribution is 14.0. The van der Waals surface area contributed by atoms with E-state index in [9.17, 15) is 4.79 Å². The van der Waals surface area contributed by atoms with Gasteiger partial charge in [0.2, 0.25) is 0 Å². The van der Waals surface area contributed by atoms with Gasteiger partial charge in [-0.15, -0.1) is 24.0 Å². The molecule has 3 N–H and O–H groups in total. The average Bonchev–Trinajstić information content (AvgIpc) is 2.61. The largest absolute Gasteiger partial charge is 0.444 e. The van der Waals surface area contributed by atoms with Gasteiger partial charge in [-0.05, 0) is 39.5 Å². The third-order valence-corrected chi connectivity index (χ3v) is 4.35. The number of amides is 1. The molecule has 8 nitrogen and oxygen atoms in total. The van der Waals surface area contributed by atoms with Crippen LogP contribution in [0.3, 0.4) is 0 Å². The first-order chi connectivity index (χ1) is 13.2. The predicted octanol–water partition coefficient (Wildman–Crippen LogP) is 2.43. The van der Waals surface area contributed by atoms with Gasteiger partial charge in [0.1, 0.15) is 5.60 Å². The van der Waals surface area contributed by atoms with Crippen LogP contribution in [-0.4, -0.2) is 81.6 Å². The first kappa shape index (κ1) is 28.2. The van der Waals surface area contributed by atoms with E-state index >= 15 is 0 Å². The first-order valence-corrected chi connectivity index (χ1v) is 10.4. The number of rotatable bonds is 9. The number of guanidine groups is 1. The molecule has 0 aromatic rings. The lowest BCUT2D eigenvalue weighted by Crippen LogP contribution is -2.51. The van der Waals surface area contributed by atoms with Crippen LogP contribution in [0.2, 0.25) is 0 Å². The number of hydrogen-bond donors (Lipinski definition) is 3. The molecule has 1 unspecified atom stereocenters. The van der Waals surface area contributed by atoms with Crippen LogP contribution in [0.25, 0.3) is 0 Å². The van der Waals surface area contributed by atoms with Crippen LogP contribution in [-0.2, 0) is 9.47 Å². The summed E-state index contributed by atoms with van der Waals surface area (Å²) >= 11 is 0. The Morgan fingerprint density at radius 1 is 1.14 bits per heavy atom. The van der Waals surface area contributed by atoms with E-state index in [-0.39, 0.29) is 30.1 Å². The molecule has 0 bridgehead atoms. The molecule has 1 saturated heterocycles. The fourth-order valence-corrected chi connectivity index (χ4v) is 3.08. The second-order valence-electron chi connectivity index (χ2n) is 8.59. The number of morpholine rings is 1. The molecule has 0 aliphatic carbocycles. The molecule has 0 spiro atoms. The number of aliphatic imine (C=N–C) groups is 1. The van der Waals surface area contributed by atoms with E-state index in [1.807, 2.05) is 20.8 Å². The molecule has 1 fully saturated rings. The highest BCUT2D eigenvalue weighted by atomic mass is 127. The van der Waals surface area contributed by atoms with Crippen LogP contribution in [0, 0.1) is 5.92 Å².